The Morgan fingerprint density at radius 2 is 1.74 bits per heavy atom. The molecule has 1 amide bonds. The normalized spacial score (nSPS) is 17.3. The number of likely N-dealkylation sites (N-methyl/N-ethyl adjacent to an activating group) is 1. The number of hydrogen-bond acceptors (Lipinski definition) is 5. The van der Waals surface area contributed by atoms with Crippen molar-refractivity contribution < 1.29 is 27.9 Å². The summed E-state index contributed by atoms with van der Waals surface area (Å²) in [5.74, 6) is -1.17. The van der Waals surface area contributed by atoms with Crippen molar-refractivity contribution in [1.82, 2.24) is 8.87 Å². The van der Waals surface area contributed by atoms with Crippen LogP contribution in [-0.2, 0) is 19.6 Å². The predicted molar refractivity (Wildman–Crippen MR) is 144 cm³/mol. The van der Waals surface area contributed by atoms with E-state index in [9.17, 15) is 23.1 Å². The van der Waals surface area contributed by atoms with Gasteiger partial charge in [-0.05, 0) is 80.9 Å². The highest BCUT2D eigenvalue weighted by Gasteiger charge is 2.34. The molecule has 1 aromatic heterocycles. The third-order valence-corrected chi connectivity index (χ3v) is 8.99. The van der Waals surface area contributed by atoms with Crippen molar-refractivity contribution in [2.75, 3.05) is 37.7 Å². The maximum absolute atomic E-state index is 13.5. The smallest absolute Gasteiger partial charge is 0.335 e. The fraction of sp³-hybridized carbons (Fsp3) is 0.286. The minimum Gasteiger partial charge on any atom is -0.478 e. The highest BCUT2D eigenvalue weighted by Crippen LogP contribution is 2.40. The molecular weight excluding hydrogens is 506 g/mol. The van der Waals surface area contributed by atoms with E-state index in [1.54, 1.807) is 47.4 Å². The number of morpholine rings is 1. The number of hydrogen-bond donors (Lipinski definition) is 1. The minimum atomic E-state index is -3.73. The lowest BCUT2D eigenvalue weighted by atomic mass is 10.0. The van der Waals surface area contributed by atoms with Crippen LogP contribution >= 0.6 is 0 Å². The van der Waals surface area contributed by atoms with Crippen LogP contribution in [0.1, 0.15) is 39.8 Å². The van der Waals surface area contributed by atoms with Crippen LogP contribution in [0.25, 0.3) is 17.3 Å². The van der Waals surface area contributed by atoms with Gasteiger partial charge in [-0.2, -0.15) is 4.31 Å². The van der Waals surface area contributed by atoms with E-state index in [4.69, 9.17) is 4.74 Å². The van der Waals surface area contributed by atoms with E-state index in [1.807, 2.05) is 37.5 Å². The molecule has 0 atom stereocenters. The summed E-state index contributed by atoms with van der Waals surface area (Å²) in [5.41, 5.74) is 5.32. The van der Waals surface area contributed by atoms with Gasteiger partial charge in [-0.3, -0.25) is 4.79 Å². The Hall–Kier alpha value is -3.73. The molecule has 9 nitrogen and oxygen atoms in total. The van der Waals surface area contributed by atoms with Crippen molar-refractivity contribution in [2.45, 2.75) is 25.7 Å². The van der Waals surface area contributed by atoms with Crippen molar-refractivity contribution in [3.8, 4) is 5.69 Å². The quantitative estimate of drug-likeness (QED) is 0.482. The maximum Gasteiger partial charge on any atom is 0.335 e. The molecule has 10 heteroatoms. The number of benzene rings is 2. The van der Waals surface area contributed by atoms with E-state index in [-0.39, 0.29) is 16.4 Å². The van der Waals surface area contributed by atoms with Crippen LogP contribution in [-0.4, -0.2) is 67.1 Å². The van der Waals surface area contributed by atoms with Crippen molar-refractivity contribution in [1.29, 1.82) is 0 Å². The first-order valence-corrected chi connectivity index (χ1v) is 13.9. The fourth-order valence-electron chi connectivity index (χ4n) is 5.13. The van der Waals surface area contributed by atoms with Crippen LogP contribution in [0.4, 0.5) is 5.69 Å². The second-order valence-corrected chi connectivity index (χ2v) is 11.3. The Morgan fingerprint density at radius 3 is 2.37 bits per heavy atom. The summed E-state index contributed by atoms with van der Waals surface area (Å²) < 4.78 is 35.4. The number of nitrogens with zero attached hydrogens (tertiary/aromatic N) is 3. The van der Waals surface area contributed by atoms with Gasteiger partial charge >= 0.3 is 5.97 Å². The number of aryl methyl sites for hydroxylation is 1. The number of ether oxygens (including phenoxy) is 1. The van der Waals surface area contributed by atoms with Gasteiger partial charge in [0.2, 0.25) is 10.0 Å². The summed E-state index contributed by atoms with van der Waals surface area (Å²) in [4.78, 5) is 26.5. The van der Waals surface area contributed by atoms with Gasteiger partial charge < -0.3 is 19.3 Å². The Kier molecular flexibility index (Phi) is 6.72. The number of carbonyl (C=O) groups excluding carboxylic acids is 1. The molecule has 0 bridgehead atoms. The highest BCUT2D eigenvalue weighted by molar-refractivity contribution is 7.89. The molecule has 0 aliphatic carbocycles. The number of amides is 1. The Labute approximate surface area is 221 Å². The molecule has 0 spiro atoms. The number of carboxylic acids is 1. The van der Waals surface area contributed by atoms with Gasteiger partial charge in [-0.1, -0.05) is 0 Å². The summed E-state index contributed by atoms with van der Waals surface area (Å²) in [6.45, 7) is 7.50. The standard InChI is InChI=1S/C28H29N3O6S/c1-4-30-26-10-9-23(38(35,36)29-11-13-37-14-12-29)17-24(26)25(27(30)32)16-21-15-18(2)31(19(21)3)22-7-5-20(6-8-22)28(33)34/h5-10,15-17H,4,11-14H2,1-3H3,(H,33,34)/b25-16-. The number of fused-ring (bicyclic) bond motifs is 1. The van der Waals surface area contributed by atoms with Gasteiger partial charge in [-0.25, -0.2) is 13.2 Å². The molecule has 1 saturated heterocycles. The second kappa shape index (κ2) is 9.86. The number of aromatic nitrogens is 1. The Bertz CT molecular complexity index is 1560. The molecule has 38 heavy (non-hydrogen) atoms. The van der Waals surface area contributed by atoms with Gasteiger partial charge in [0, 0.05) is 47.8 Å². The van der Waals surface area contributed by atoms with Crippen LogP contribution in [0.15, 0.2) is 53.4 Å². The zero-order valence-electron chi connectivity index (χ0n) is 21.5. The van der Waals surface area contributed by atoms with Crippen molar-refractivity contribution >= 4 is 39.2 Å². The first-order chi connectivity index (χ1) is 18.1. The van der Waals surface area contributed by atoms with E-state index >= 15 is 0 Å². The zero-order chi connectivity index (χ0) is 27.2. The number of aromatic carboxylic acids is 1. The summed E-state index contributed by atoms with van der Waals surface area (Å²) in [6, 6.07) is 13.4. The summed E-state index contributed by atoms with van der Waals surface area (Å²) in [6.07, 6.45) is 1.81. The molecule has 0 unspecified atom stereocenters. The molecule has 198 valence electrons. The van der Waals surface area contributed by atoms with Crippen molar-refractivity contribution in [3.05, 3.63) is 76.6 Å². The van der Waals surface area contributed by atoms with Crippen molar-refractivity contribution in [2.24, 2.45) is 0 Å². The molecule has 3 heterocycles. The zero-order valence-corrected chi connectivity index (χ0v) is 22.3. The number of anilines is 1. The van der Waals surface area contributed by atoms with E-state index in [0.29, 0.717) is 49.7 Å². The van der Waals surface area contributed by atoms with Gasteiger partial charge in [0.25, 0.3) is 5.91 Å². The lowest BCUT2D eigenvalue weighted by molar-refractivity contribution is -0.112. The van der Waals surface area contributed by atoms with E-state index in [1.165, 1.54) is 4.31 Å². The third-order valence-electron chi connectivity index (χ3n) is 7.09. The Balaban J connectivity index is 1.58. The predicted octanol–water partition coefficient (Wildman–Crippen LogP) is 3.72. The van der Waals surface area contributed by atoms with E-state index in [2.05, 4.69) is 0 Å². The van der Waals surface area contributed by atoms with Crippen LogP contribution in [0.5, 0.6) is 0 Å². The lowest BCUT2D eigenvalue weighted by Gasteiger charge is -2.26. The molecule has 2 aliphatic heterocycles. The van der Waals surface area contributed by atoms with E-state index < -0.39 is 16.0 Å². The van der Waals surface area contributed by atoms with Crippen molar-refractivity contribution in [3.63, 3.8) is 0 Å². The SMILES string of the molecule is CCN1C(=O)/C(=C\c2cc(C)n(-c3ccc(C(=O)O)cc3)c2C)c2cc(S(=O)(=O)N3CCOCC3)ccc21. The number of rotatable bonds is 6. The Morgan fingerprint density at radius 1 is 1.05 bits per heavy atom. The average Bonchev–Trinajstić information content (AvgIpc) is 3.35. The molecule has 3 aromatic rings. The van der Waals surface area contributed by atoms with Gasteiger partial charge in [0.1, 0.15) is 0 Å². The summed E-state index contributed by atoms with van der Waals surface area (Å²) in [5, 5.41) is 9.21. The van der Waals surface area contributed by atoms with E-state index in [0.717, 1.165) is 22.6 Å². The topological polar surface area (TPSA) is 109 Å². The summed E-state index contributed by atoms with van der Waals surface area (Å²) in [7, 11) is -3.73. The van der Waals surface area contributed by atoms with Crippen LogP contribution in [0.3, 0.4) is 0 Å². The first kappa shape index (κ1) is 25.9. The van der Waals surface area contributed by atoms with Gasteiger partial charge in [-0.15, -0.1) is 0 Å². The van der Waals surface area contributed by atoms with Gasteiger partial charge in [0.15, 0.2) is 0 Å². The molecule has 2 aromatic carbocycles. The second-order valence-electron chi connectivity index (χ2n) is 9.32. The average molecular weight is 536 g/mol. The molecule has 2 aliphatic rings. The van der Waals surface area contributed by atoms with Crippen LogP contribution in [0.2, 0.25) is 0 Å². The fourth-order valence-corrected chi connectivity index (χ4v) is 6.56. The lowest BCUT2D eigenvalue weighted by Crippen LogP contribution is -2.40. The molecule has 0 radical (unpaired) electrons. The monoisotopic (exact) mass is 535 g/mol. The maximum atomic E-state index is 13.5. The minimum absolute atomic E-state index is 0.152. The highest BCUT2D eigenvalue weighted by atomic mass is 32.2. The molecule has 5 rings (SSSR count). The van der Waals surface area contributed by atoms with Crippen LogP contribution < -0.4 is 4.90 Å². The molecular formula is C28H29N3O6S. The molecule has 1 N–H and O–H groups in total. The summed E-state index contributed by atoms with van der Waals surface area (Å²) >= 11 is 0. The molecule has 1 fully saturated rings. The largest absolute Gasteiger partial charge is 0.478 e. The third kappa shape index (κ3) is 4.34. The molecule has 0 saturated carbocycles. The van der Waals surface area contributed by atoms with Gasteiger partial charge in [0.05, 0.1) is 29.4 Å². The first-order valence-electron chi connectivity index (χ1n) is 12.4. The number of sulfonamides is 1. The van der Waals surface area contributed by atoms with Crippen LogP contribution in [0, 0.1) is 13.8 Å². The number of carboxylic acid groups (broad SMARTS) is 1. The number of carbonyl (C=O) groups is 2.